The standard InChI is InChI=1S/C6H11NO.ClH/c1-5-2-6(3-5)4-8-7;/h6H,1-4,7H2;1H. The molecule has 0 aromatic rings. The minimum atomic E-state index is 0. The molecular formula is C6H12ClNO. The highest BCUT2D eigenvalue weighted by Crippen LogP contribution is 2.30. The van der Waals surface area contributed by atoms with Crippen LogP contribution in [0.3, 0.4) is 0 Å². The first-order chi connectivity index (χ1) is 3.83. The van der Waals surface area contributed by atoms with Gasteiger partial charge in [0.2, 0.25) is 0 Å². The molecule has 0 radical (unpaired) electrons. The number of allylic oxidation sites excluding steroid dienone is 1. The molecule has 9 heavy (non-hydrogen) atoms. The van der Waals surface area contributed by atoms with Gasteiger partial charge in [0.25, 0.3) is 0 Å². The van der Waals surface area contributed by atoms with Gasteiger partial charge in [0.1, 0.15) is 0 Å². The minimum absolute atomic E-state index is 0. The molecule has 0 aromatic carbocycles. The zero-order valence-corrected chi connectivity index (χ0v) is 6.12. The fourth-order valence-corrected chi connectivity index (χ4v) is 1.01. The lowest BCUT2D eigenvalue weighted by atomic mass is 9.82. The lowest BCUT2D eigenvalue weighted by Crippen LogP contribution is -2.21. The molecule has 0 atom stereocenters. The Hall–Kier alpha value is -0.0500. The summed E-state index contributed by atoms with van der Waals surface area (Å²) in [5.74, 6) is 5.51. The van der Waals surface area contributed by atoms with Crippen molar-refractivity contribution in [1.82, 2.24) is 0 Å². The molecule has 0 amide bonds. The largest absolute Gasteiger partial charge is 0.304 e. The topological polar surface area (TPSA) is 35.2 Å². The summed E-state index contributed by atoms with van der Waals surface area (Å²) in [6, 6.07) is 0. The summed E-state index contributed by atoms with van der Waals surface area (Å²) in [6.07, 6.45) is 2.22. The monoisotopic (exact) mass is 149 g/mol. The molecule has 2 nitrogen and oxygen atoms in total. The van der Waals surface area contributed by atoms with Crippen LogP contribution in [0.25, 0.3) is 0 Å². The molecule has 0 unspecified atom stereocenters. The molecule has 2 N–H and O–H groups in total. The lowest BCUT2D eigenvalue weighted by molar-refractivity contribution is 0.0878. The summed E-state index contributed by atoms with van der Waals surface area (Å²) in [5.41, 5.74) is 1.33. The molecule has 1 aliphatic carbocycles. The molecule has 0 aromatic heterocycles. The SMILES string of the molecule is C=C1CC(CON)C1.Cl. The third-order valence-electron chi connectivity index (χ3n) is 1.49. The second-order valence-electron chi connectivity index (χ2n) is 2.36. The first-order valence-corrected chi connectivity index (χ1v) is 2.81. The van der Waals surface area contributed by atoms with Crippen molar-refractivity contribution in [2.45, 2.75) is 12.8 Å². The first kappa shape index (κ1) is 8.95. The van der Waals surface area contributed by atoms with Crippen LogP contribution >= 0.6 is 12.4 Å². The van der Waals surface area contributed by atoms with Crippen molar-refractivity contribution in [1.29, 1.82) is 0 Å². The van der Waals surface area contributed by atoms with Crippen molar-refractivity contribution in [2.75, 3.05) is 6.61 Å². The van der Waals surface area contributed by atoms with Crippen molar-refractivity contribution in [2.24, 2.45) is 11.8 Å². The van der Waals surface area contributed by atoms with Crippen LogP contribution in [-0.2, 0) is 4.84 Å². The minimum Gasteiger partial charge on any atom is -0.304 e. The van der Waals surface area contributed by atoms with E-state index < -0.39 is 0 Å². The van der Waals surface area contributed by atoms with Crippen molar-refractivity contribution >= 4 is 12.4 Å². The molecule has 0 spiro atoms. The third-order valence-corrected chi connectivity index (χ3v) is 1.49. The van der Waals surface area contributed by atoms with Gasteiger partial charge in [-0.05, 0) is 18.8 Å². The molecule has 1 fully saturated rings. The number of rotatable bonds is 2. The highest BCUT2D eigenvalue weighted by molar-refractivity contribution is 5.85. The Morgan fingerprint density at radius 2 is 2.22 bits per heavy atom. The van der Waals surface area contributed by atoms with Crippen molar-refractivity contribution < 1.29 is 4.84 Å². The van der Waals surface area contributed by atoms with Crippen LogP contribution in [-0.4, -0.2) is 6.61 Å². The fourth-order valence-electron chi connectivity index (χ4n) is 1.01. The zero-order valence-electron chi connectivity index (χ0n) is 5.30. The van der Waals surface area contributed by atoms with E-state index in [1.165, 1.54) is 5.57 Å². The van der Waals surface area contributed by atoms with Crippen LogP contribution in [0.1, 0.15) is 12.8 Å². The van der Waals surface area contributed by atoms with E-state index in [0.29, 0.717) is 12.5 Å². The van der Waals surface area contributed by atoms with Crippen LogP contribution in [0.15, 0.2) is 12.2 Å². The summed E-state index contributed by atoms with van der Waals surface area (Å²) < 4.78 is 0. The molecule has 3 heteroatoms. The smallest absolute Gasteiger partial charge is 0.0713 e. The van der Waals surface area contributed by atoms with E-state index in [1.807, 2.05) is 0 Å². The van der Waals surface area contributed by atoms with Gasteiger partial charge in [-0.2, -0.15) is 0 Å². The fraction of sp³-hybridized carbons (Fsp3) is 0.667. The lowest BCUT2D eigenvalue weighted by Gasteiger charge is -2.26. The molecule has 1 aliphatic rings. The van der Waals surface area contributed by atoms with E-state index in [2.05, 4.69) is 11.4 Å². The van der Waals surface area contributed by atoms with Crippen molar-refractivity contribution in [3.8, 4) is 0 Å². The number of halogens is 1. The number of hydrogen-bond donors (Lipinski definition) is 1. The van der Waals surface area contributed by atoms with E-state index in [9.17, 15) is 0 Å². The normalized spacial score (nSPS) is 18.6. The molecule has 1 rings (SSSR count). The quantitative estimate of drug-likeness (QED) is 0.474. The third kappa shape index (κ3) is 2.35. The Labute approximate surface area is 61.4 Å². The van der Waals surface area contributed by atoms with Crippen LogP contribution in [0.4, 0.5) is 0 Å². The van der Waals surface area contributed by atoms with Gasteiger partial charge in [-0.15, -0.1) is 12.4 Å². The Morgan fingerprint density at radius 1 is 1.67 bits per heavy atom. The average Bonchev–Trinajstić information content (AvgIpc) is 1.64. The molecule has 0 heterocycles. The highest BCUT2D eigenvalue weighted by Gasteiger charge is 2.20. The Kier molecular flexibility index (Phi) is 3.86. The van der Waals surface area contributed by atoms with Crippen molar-refractivity contribution in [3.63, 3.8) is 0 Å². The summed E-state index contributed by atoms with van der Waals surface area (Å²) in [7, 11) is 0. The van der Waals surface area contributed by atoms with Gasteiger partial charge in [0.05, 0.1) is 6.61 Å². The van der Waals surface area contributed by atoms with Gasteiger partial charge in [-0.25, -0.2) is 5.90 Å². The van der Waals surface area contributed by atoms with E-state index >= 15 is 0 Å². The van der Waals surface area contributed by atoms with Gasteiger partial charge in [0.15, 0.2) is 0 Å². The maximum atomic E-state index is 4.85. The first-order valence-electron chi connectivity index (χ1n) is 2.81. The van der Waals surface area contributed by atoms with Gasteiger partial charge in [-0.1, -0.05) is 12.2 Å². The Morgan fingerprint density at radius 3 is 2.56 bits per heavy atom. The molecule has 0 bridgehead atoms. The maximum absolute atomic E-state index is 4.85. The van der Waals surface area contributed by atoms with Crippen LogP contribution < -0.4 is 5.90 Å². The highest BCUT2D eigenvalue weighted by atomic mass is 35.5. The summed E-state index contributed by atoms with van der Waals surface area (Å²) in [4.78, 5) is 4.45. The van der Waals surface area contributed by atoms with Crippen molar-refractivity contribution in [3.05, 3.63) is 12.2 Å². The molecule has 0 saturated heterocycles. The number of nitrogens with two attached hydrogens (primary N) is 1. The van der Waals surface area contributed by atoms with Gasteiger partial charge in [0, 0.05) is 0 Å². The van der Waals surface area contributed by atoms with Crippen LogP contribution in [0.5, 0.6) is 0 Å². The van der Waals surface area contributed by atoms with Crippen LogP contribution in [0, 0.1) is 5.92 Å². The summed E-state index contributed by atoms with van der Waals surface area (Å²) in [5, 5.41) is 0. The molecular weight excluding hydrogens is 138 g/mol. The van der Waals surface area contributed by atoms with Crippen LogP contribution in [0.2, 0.25) is 0 Å². The second kappa shape index (κ2) is 3.88. The molecule has 54 valence electrons. The van der Waals surface area contributed by atoms with Gasteiger partial charge >= 0.3 is 0 Å². The summed E-state index contributed by atoms with van der Waals surface area (Å²) in [6.45, 7) is 4.49. The predicted octanol–water partition coefficient (Wildman–Crippen LogP) is 1.26. The van der Waals surface area contributed by atoms with E-state index in [0.717, 1.165) is 12.8 Å². The Balaban J connectivity index is 0.000000640. The van der Waals surface area contributed by atoms with Gasteiger partial charge < -0.3 is 4.84 Å². The van der Waals surface area contributed by atoms with E-state index in [-0.39, 0.29) is 12.4 Å². The van der Waals surface area contributed by atoms with E-state index in [1.54, 1.807) is 0 Å². The Bertz CT molecular complexity index is 97.2. The number of hydrogen-bond acceptors (Lipinski definition) is 2. The van der Waals surface area contributed by atoms with Gasteiger partial charge in [-0.3, -0.25) is 0 Å². The average molecular weight is 150 g/mol. The van der Waals surface area contributed by atoms with E-state index in [4.69, 9.17) is 5.90 Å². The summed E-state index contributed by atoms with van der Waals surface area (Å²) >= 11 is 0. The molecule has 0 aliphatic heterocycles. The predicted molar refractivity (Wildman–Crippen MR) is 39.3 cm³/mol. The second-order valence-corrected chi connectivity index (χ2v) is 2.36. The molecule has 1 saturated carbocycles. The maximum Gasteiger partial charge on any atom is 0.0713 e. The zero-order chi connectivity index (χ0) is 5.98.